The summed E-state index contributed by atoms with van der Waals surface area (Å²) in [6, 6.07) is 12.2. The van der Waals surface area contributed by atoms with E-state index < -0.39 is 0 Å². The number of nitro groups is 1. The fourth-order valence-electron chi connectivity index (χ4n) is 3.30. The number of amides is 1. The Labute approximate surface area is 148 Å². The molecule has 0 atom stereocenters. The second-order valence-electron chi connectivity index (χ2n) is 6.01. The number of hydrogen-bond acceptors (Lipinski definition) is 5. The minimum atomic E-state index is -0.365. The number of fused-ring (bicyclic) bond motifs is 1. The Morgan fingerprint density at radius 1 is 1.15 bits per heavy atom. The fraction of sp³-hybridized carbons (Fsp3) is 0.167. The number of para-hydroxylation sites is 1. The molecular weight excluding hydrogens is 334 g/mol. The van der Waals surface area contributed by atoms with Gasteiger partial charge in [-0.15, -0.1) is 5.10 Å². The van der Waals surface area contributed by atoms with Gasteiger partial charge in [-0.05, 0) is 24.1 Å². The summed E-state index contributed by atoms with van der Waals surface area (Å²) in [4.78, 5) is 25.6. The van der Waals surface area contributed by atoms with E-state index in [1.165, 1.54) is 6.07 Å². The highest BCUT2D eigenvalue weighted by Crippen LogP contribution is 2.29. The standard InChI is InChI=1S/C18H15N5O3/c24-18(15-5-1-2-6-16(15)22-11-9-19-20-22)21-10-8-14-13(12-21)4-3-7-17(14)23(25)26/h1-7,9,11H,8,10,12H2. The fourth-order valence-corrected chi connectivity index (χ4v) is 3.30. The topological polar surface area (TPSA) is 94.2 Å². The Bertz CT molecular complexity index is 984. The van der Waals surface area contributed by atoms with Crippen molar-refractivity contribution in [2.24, 2.45) is 0 Å². The molecule has 0 spiro atoms. The molecule has 0 aliphatic carbocycles. The van der Waals surface area contributed by atoms with Gasteiger partial charge in [-0.3, -0.25) is 14.9 Å². The zero-order chi connectivity index (χ0) is 18.1. The van der Waals surface area contributed by atoms with Gasteiger partial charge in [0.2, 0.25) is 0 Å². The predicted octanol–water partition coefficient (Wildman–Crippen LogP) is 2.37. The summed E-state index contributed by atoms with van der Waals surface area (Å²) in [5.41, 5.74) is 2.83. The Hall–Kier alpha value is -3.55. The van der Waals surface area contributed by atoms with Gasteiger partial charge in [0.25, 0.3) is 11.6 Å². The lowest BCUT2D eigenvalue weighted by Gasteiger charge is -2.29. The smallest absolute Gasteiger partial charge is 0.272 e. The maximum absolute atomic E-state index is 13.1. The summed E-state index contributed by atoms with van der Waals surface area (Å²) in [6.07, 6.45) is 3.70. The molecular formula is C18H15N5O3. The van der Waals surface area contributed by atoms with Crippen LogP contribution in [0.1, 0.15) is 21.5 Å². The Balaban J connectivity index is 1.66. The van der Waals surface area contributed by atoms with Gasteiger partial charge >= 0.3 is 0 Å². The van der Waals surface area contributed by atoms with Gasteiger partial charge in [-0.2, -0.15) is 0 Å². The molecule has 0 radical (unpaired) electrons. The maximum Gasteiger partial charge on any atom is 0.272 e. The van der Waals surface area contributed by atoms with Crippen molar-refractivity contribution >= 4 is 11.6 Å². The van der Waals surface area contributed by atoms with Crippen LogP contribution in [0.4, 0.5) is 5.69 Å². The average molecular weight is 349 g/mol. The van der Waals surface area contributed by atoms with Crippen LogP contribution in [-0.4, -0.2) is 37.3 Å². The van der Waals surface area contributed by atoms with Gasteiger partial charge < -0.3 is 4.90 Å². The van der Waals surface area contributed by atoms with Crippen molar-refractivity contribution in [1.29, 1.82) is 0 Å². The Kier molecular flexibility index (Phi) is 3.92. The van der Waals surface area contributed by atoms with Crippen molar-refractivity contribution in [3.8, 4) is 5.69 Å². The van der Waals surface area contributed by atoms with E-state index in [2.05, 4.69) is 10.3 Å². The first-order valence-electron chi connectivity index (χ1n) is 8.15. The summed E-state index contributed by atoms with van der Waals surface area (Å²) >= 11 is 0. The van der Waals surface area contributed by atoms with Crippen LogP contribution in [0.15, 0.2) is 54.9 Å². The number of hydrogen-bond donors (Lipinski definition) is 0. The van der Waals surface area contributed by atoms with Crippen LogP contribution in [-0.2, 0) is 13.0 Å². The minimum Gasteiger partial charge on any atom is -0.334 e. The average Bonchev–Trinajstić information content (AvgIpc) is 3.21. The summed E-state index contributed by atoms with van der Waals surface area (Å²) in [7, 11) is 0. The molecule has 1 aromatic heterocycles. The Morgan fingerprint density at radius 3 is 2.77 bits per heavy atom. The van der Waals surface area contributed by atoms with Crippen molar-refractivity contribution < 1.29 is 9.72 Å². The first kappa shape index (κ1) is 15.9. The zero-order valence-electron chi connectivity index (χ0n) is 13.8. The molecule has 0 saturated heterocycles. The monoisotopic (exact) mass is 349 g/mol. The lowest BCUT2D eigenvalue weighted by atomic mass is 9.97. The third-order valence-electron chi connectivity index (χ3n) is 4.53. The molecule has 0 unspecified atom stereocenters. The minimum absolute atomic E-state index is 0.123. The molecule has 3 aromatic rings. The van der Waals surface area contributed by atoms with Crippen LogP contribution in [0, 0.1) is 10.1 Å². The summed E-state index contributed by atoms with van der Waals surface area (Å²) in [5.74, 6) is -0.131. The molecule has 0 saturated carbocycles. The molecule has 0 fully saturated rings. The molecule has 0 N–H and O–H groups in total. The summed E-state index contributed by atoms with van der Waals surface area (Å²) in [6.45, 7) is 0.782. The van der Waals surface area contributed by atoms with Gasteiger partial charge in [0.1, 0.15) is 0 Å². The van der Waals surface area contributed by atoms with Crippen LogP contribution < -0.4 is 0 Å². The molecule has 8 nitrogen and oxygen atoms in total. The molecule has 1 amide bonds. The van der Waals surface area contributed by atoms with Crippen LogP contribution >= 0.6 is 0 Å². The zero-order valence-corrected chi connectivity index (χ0v) is 13.8. The number of carbonyl (C=O) groups is 1. The van der Waals surface area contributed by atoms with E-state index in [0.29, 0.717) is 36.3 Å². The van der Waals surface area contributed by atoms with Gasteiger partial charge in [-0.25, -0.2) is 4.68 Å². The van der Waals surface area contributed by atoms with Crippen LogP contribution in [0.5, 0.6) is 0 Å². The molecule has 8 heteroatoms. The number of rotatable bonds is 3. The molecule has 2 aromatic carbocycles. The van der Waals surface area contributed by atoms with Crippen molar-refractivity contribution in [2.45, 2.75) is 13.0 Å². The van der Waals surface area contributed by atoms with Crippen LogP contribution in [0.2, 0.25) is 0 Å². The van der Waals surface area contributed by atoms with Crippen molar-refractivity contribution in [3.63, 3.8) is 0 Å². The van der Waals surface area contributed by atoms with E-state index in [9.17, 15) is 14.9 Å². The second-order valence-corrected chi connectivity index (χ2v) is 6.01. The third-order valence-corrected chi connectivity index (χ3v) is 4.53. The predicted molar refractivity (Wildman–Crippen MR) is 92.9 cm³/mol. The highest BCUT2D eigenvalue weighted by Gasteiger charge is 2.27. The number of carbonyl (C=O) groups excluding carboxylic acids is 1. The number of aromatic nitrogens is 3. The highest BCUT2D eigenvalue weighted by molar-refractivity contribution is 5.97. The number of nitro benzene ring substituents is 1. The third kappa shape index (κ3) is 2.71. The van der Waals surface area contributed by atoms with Gasteiger partial charge in [0.15, 0.2) is 0 Å². The lowest BCUT2D eigenvalue weighted by Crippen LogP contribution is -2.36. The van der Waals surface area contributed by atoms with E-state index in [4.69, 9.17) is 0 Å². The number of benzene rings is 2. The van der Waals surface area contributed by atoms with Crippen molar-refractivity contribution in [2.75, 3.05) is 6.54 Å². The van der Waals surface area contributed by atoms with Crippen molar-refractivity contribution in [1.82, 2.24) is 19.9 Å². The first-order chi connectivity index (χ1) is 12.6. The van der Waals surface area contributed by atoms with Gasteiger partial charge in [-0.1, -0.05) is 29.5 Å². The SMILES string of the molecule is O=C(c1ccccc1-n1ccnn1)N1CCc2c(cccc2[N+](=O)[O-])C1. The van der Waals surface area contributed by atoms with E-state index >= 15 is 0 Å². The van der Waals surface area contributed by atoms with Gasteiger partial charge in [0, 0.05) is 24.7 Å². The van der Waals surface area contributed by atoms with E-state index in [0.717, 1.165) is 5.56 Å². The maximum atomic E-state index is 13.1. The van der Waals surface area contributed by atoms with E-state index in [1.54, 1.807) is 40.2 Å². The molecule has 1 aliphatic heterocycles. The first-order valence-corrected chi connectivity index (χ1v) is 8.15. The van der Waals surface area contributed by atoms with E-state index in [-0.39, 0.29) is 16.5 Å². The normalized spacial score (nSPS) is 13.3. The summed E-state index contributed by atoms with van der Waals surface area (Å²) < 4.78 is 1.55. The van der Waals surface area contributed by atoms with Gasteiger partial charge in [0.05, 0.1) is 28.6 Å². The number of nitrogens with zero attached hydrogens (tertiary/aromatic N) is 5. The quantitative estimate of drug-likeness (QED) is 0.534. The molecule has 4 rings (SSSR count). The Morgan fingerprint density at radius 2 is 2.00 bits per heavy atom. The largest absolute Gasteiger partial charge is 0.334 e. The van der Waals surface area contributed by atoms with Crippen LogP contribution in [0.25, 0.3) is 5.69 Å². The lowest BCUT2D eigenvalue weighted by molar-refractivity contribution is -0.385. The van der Waals surface area contributed by atoms with Crippen molar-refractivity contribution in [3.05, 3.63) is 81.7 Å². The van der Waals surface area contributed by atoms with E-state index in [1.807, 2.05) is 18.2 Å². The van der Waals surface area contributed by atoms with Crippen LogP contribution in [0.3, 0.4) is 0 Å². The molecule has 130 valence electrons. The molecule has 1 aliphatic rings. The molecule has 2 heterocycles. The highest BCUT2D eigenvalue weighted by atomic mass is 16.6. The molecule has 0 bridgehead atoms. The molecule has 26 heavy (non-hydrogen) atoms. The second kappa shape index (κ2) is 6.40. The summed E-state index contributed by atoms with van der Waals surface area (Å²) in [5, 5.41) is 18.9.